The zero-order valence-electron chi connectivity index (χ0n) is 13.4. The molecular weight excluding hydrogens is 338 g/mol. The summed E-state index contributed by atoms with van der Waals surface area (Å²) in [5.74, 6) is -0.672. The van der Waals surface area contributed by atoms with E-state index in [9.17, 15) is 9.18 Å². The predicted molar refractivity (Wildman–Crippen MR) is 81.6 cm³/mol. The Balaban J connectivity index is 0.00000242. The van der Waals surface area contributed by atoms with Gasteiger partial charge >= 0.3 is 29.6 Å². The molecule has 1 aromatic heterocycles. The van der Waals surface area contributed by atoms with Crippen molar-refractivity contribution in [1.29, 1.82) is 0 Å². The Hall–Kier alpha value is -0.660. The standard InChI is InChI=1S/C14H14ClFN2O2S.Na.H/c1-2-7-20-14-11(12(15)18-21-14)13(19)17-8-9-3-5-10(16)6-4-9;;/h3-6H,2,7-8H2,1H3,(H,17,19);;/q;+1;-1. The minimum Gasteiger partial charge on any atom is -1.00 e. The van der Waals surface area contributed by atoms with Gasteiger partial charge in [-0.05, 0) is 24.1 Å². The Labute approximate surface area is 161 Å². The van der Waals surface area contributed by atoms with Crippen molar-refractivity contribution in [3.05, 3.63) is 46.4 Å². The van der Waals surface area contributed by atoms with Crippen LogP contribution >= 0.6 is 23.1 Å². The number of aromatic nitrogens is 1. The first-order chi connectivity index (χ1) is 10.1. The molecule has 0 aliphatic heterocycles. The van der Waals surface area contributed by atoms with E-state index in [0.717, 1.165) is 23.5 Å². The molecular formula is C14H15ClFN2NaO2S. The molecule has 8 heteroatoms. The maximum Gasteiger partial charge on any atom is 1.00 e. The van der Waals surface area contributed by atoms with Crippen molar-refractivity contribution in [2.45, 2.75) is 19.9 Å². The van der Waals surface area contributed by atoms with Gasteiger partial charge in [-0.15, -0.1) is 0 Å². The van der Waals surface area contributed by atoms with Crippen LogP contribution in [0.5, 0.6) is 5.06 Å². The molecule has 0 aliphatic carbocycles. The molecule has 4 nitrogen and oxygen atoms in total. The molecule has 1 aromatic carbocycles. The average Bonchev–Trinajstić information content (AvgIpc) is 2.85. The maximum absolute atomic E-state index is 12.8. The summed E-state index contributed by atoms with van der Waals surface area (Å²) in [5, 5.41) is 3.26. The molecule has 0 atom stereocenters. The number of rotatable bonds is 6. The summed E-state index contributed by atoms with van der Waals surface area (Å²) in [7, 11) is 0. The minimum atomic E-state index is -0.357. The summed E-state index contributed by atoms with van der Waals surface area (Å²) in [6.07, 6.45) is 0.826. The number of ether oxygens (including phenoxy) is 1. The fourth-order valence-electron chi connectivity index (χ4n) is 1.61. The first-order valence-corrected chi connectivity index (χ1v) is 7.57. The van der Waals surface area contributed by atoms with Crippen molar-refractivity contribution in [3.8, 4) is 5.06 Å². The number of amides is 1. The van der Waals surface area contributed by atoms with Crippen LogP contribution < -0.4 is 39.6 Å². The van der Waals surface area contributed by atoms with Crippen LogP contribution in [-0.2, 0) is 6.54 Å². The van der Waals surface area contributed by atoms with Gasteiger partial charge in [0.1, 0.15) is 11.4 Å². The minimum absolute atomic E-state index is 0. The van der Waals surface area contributed by atoms with Crippen molar-refractivity contribution in [2.24, 2.45) is 0 Å². The molecule has 22 heavy (non-hydrogen) atoms. The van der Waals surface area contributed by atoms with Crippen molar-refractivity contribution in [3.63, 3.8) is 0 Å². The topological polar surface area (TPSA) is 51.2 Å². The Kier molecular flexibility index (Phi) is 8.35. The third-order valence-corrected chi connectivity index (χ3v) is 3.79. The summed E-state index contributed by atoms with van der Waals surface area (Å²) >= 11 is 6.98. The number of halogens is 2. The van der Waals surface area contributed by atoms with E-state index in [1.165, 1.54) is 12.1 Å². The second kappa shape index (κ2) is 9.47. The van der Waals surface area contributed by atoms with Gasteiger partial charge in [0.2, 0.25) is 5.06 Å². The fraction of sp³-hybridized carbons (Fsp3) is 0.286. The molecule has 0 saturated carbocycles. The van der Waals surface area contributed by atoms with Crippen molar-refractivity contribution >= 4 is 29.0 Å². The summed E-state index contributed by atoms with van der Waals surface area (Å²) in [6, 6.07) is 5.90. The Morgan fingerprint density at radius 3 is 2.77 bits per heavy atom. The van der Waals surface area contributed by atoms with Gasteiger partial charge in [0, 0.05) is 18.1 Å². The summed E-state index contributed by atoms with van der Waals surface area (Å²) in [5.41, 5.74) is 1.04. The van der Waals surface area contributed by atoms with E-state index >= 15 is 0 Å². The second-order valence-corrected chi connectivity index (χ2v) is 5.39. The molecule has 0 saturated heterocycles. The van der Waals surface area contributed by atoms with E-state index in [1.807, 2.05) is 6.92 Å². The Morgan fingerprint density at radius 1 is 1.45 bits per heavy atom. The van der Waals surface area contributed by atoms with Gasteiger partial charge in [-0.2, -0.15) is 4.37 Å². The largest absolute Gasteiger partial charge is 1.00 e. The van der Waals surface area contributed by atoms with E-state index in [2.05, 4.69) is 9.69 Å². The van der Waals surface area contributed by atoms with Crippen molar-refractivity contribution < 1.29 is 44.9 Å². The smallest absolute Gasteiger partial charge is 1.00 e. The number of carbonyl (C=O) groups is 1. The van der Waals surface area contributed by atoms with Crippen molar-refractivity contribution in [2.75, 3.05) is 6.61 Å². The van der Waals surface area contributed by atoms with E-state index in [0.29, 0.717) is 11.7 Å². The van der Waals surface area contributed by atoms with Crippen LogP contribution in [0, 0.1) is 5.82 Å². The molecule has 0 aliphatic rings. The molecule has 0 spiro atoms. The third-order valence-electron chi connectivity index (χ3n) is 2.65. The number of carbonyl (C=O) groups excluding carboxylic acids is 1. The Morgan fingerprint density at radius 2 is 2.14 bits per heavy atom. The van der Waals surface area contributed by atoms with Crippen LogP contribution in [0.3, 0.4) is 0 Å². The monoisotopic (exact) mass is 352 g/mol. The van der Waals surface area contributed by atoms with Crippen LogP contribution in [0.25, 0.3) is 0 Å². The number of hydrogen-bond acceptors (Lipinski definition) is 4. The molecule has 114 valence electrons. The van der Waals surface area contributed by atoms with Gasteiger partial charge in [-0.25, -0.2) is 4.39 Å². The van der Waals surface area contributed by atoms with E-state index in [1.54, 1.807) is 12.1 Å². The van der Waals surface area contributed by atoms with E-state index in [4.69, 9.17) is 16.3 Å². The number of benzene rings is 1. The van der Waals surface area contributed by atoms with Crippen molar-refractivity contribution in [1.82, 2.24) is 9.69 Å². The molecule has 1 amide bonds. The summed E-state index contributed by atoms with van der Waals surface area (Å²) in [6.45, 7) is 2.74. The van der Waals surface area contributed by atoms with E-state index < -0.39 is 0 Å². The van der Waals surface area contributed by atoms with Crippen LogP contribution in [0.15, 0.2) is 24.3 Å². The van der Waals surface area contributed by atoms with Crippen LogP contribution in [0.1, 0.15) is 30.7 Å². The van der Waals surface area contributed by atoms with Crippen LogP contribution in [-0.4, -0.2) is 16.9 Å². The SMILES string of the molecule is CCCOc1snc(Cl)c1C(=O)NCc1ccc(F)cc1.[H-].[Na+]. The van der Waals surface area contributed by atoms with Gasteiger partial charge in [0.25, 0.3) is 5.91 Å². The first kappa shape index (κ1) is 19.4. The molecule has 0 bridgehead atoms. The van der Waals surface area contributed by atoms with Crippen LogP contribution in [0.4, 0.5) is 4.39 Å². The molecule has 0 radical (unpaired) electrons. The fourth-order valence-corrected chi connectivity index (χ4v) is 2.61. The molecule has 2 aromatic rings. The van der Waals surface area contributed by atoms with Gasteiger partial charge in [-0.3, -0.25) is 4.79 Å². The number of hydrogen-bond donors (Lipinski definition) is 1. The third kappa shape index (κ3) is 5.21. The zero-order chi connectivity index (χ0) is 15.2. The zero-order valence-corrected chi connectivity index (χ0v) is 15.9. The summed E-state index contributed by atoms with van der Waals surface area (Å²) < 4.78 is 22.2. The molecule has 0 unspecified atom stereocenters. The number of nitrogens with zero attached hydrogens (tertiary/aromatic N) is 1. The average molecular weight is 353 g/mol. The van der Waals surface area contributed by atoms with Crippen LogP contribution in [0.2, 0.25) is 5.15 Å². The van der Waals surface area contributed by atoms with Gasteiger partial charge < -0.3 is 11.5 Å². The van der Waals surface area contributed by atoms with Gasteiger partial charge in [-0.1, -0.05) is 30.7 Å². The second-order valence-electron chi connectivity index (χ2n) is 4.29. The maximum atomic E-state index is 12.8. The molecule has 1 N–H and O–H groups in total. The van der Waals surface area contributed by atoms with E-state index in [-0.39, 0.29) is 60.0 Å². The normalized spacial score (nSPS) is 9.95. The first-order valence-electron chi connectivity index (χ1n) is 6.42. The predicted octanol–water partition coefficient (Wildman–Crippen LogP) is 0.771. The Bertz CT molecular complexity index is 628. The quantitative estimate of drug-likeness (QED) is 0.781. The molecule has 2 rings (SSSR count). The van der Waals surface area contributed by atoms with Gasteiger partial charge in [0.15, 0.2) is 5.15 Å². The molecule has 1 heterocycles. The summed E-state index contributed by atoms with van der Waals surface area (Å²) in [4.78, 5) is 12.2. The number of nitrogens with one attached hydrogen (secondary N) is 1. The van der Waals surface area contributed by atoms with Gasteiger partial charge in [0.05, 0.1) is 6.61 Å². The molecule has 0 fully saturated rings.